The average molecular weight is 513 g/mol. The zero-order valence-corrected chi connectivity index (χ0v) is 21.3. The number of ether oxygens (including phenoxy) is 1. The number of fused-ring (bicyclic) bond motifs is 1. The summed E-state index contributed by atoms with van der Waals surface area (Å²) in [6, 6.07) is 19.2. The molecule has 4 aromatic rings. The summed E-state index contributed by atoms with van der Waals surface area (Å²) in [4.78, 5) is 30.0. The fourth-order valence-corrected chi connectivity index (χ4v) is 4.92. The molecule has 1 saturated heterocycles. The van der Waals surface area contributed by atoms with Crippen molar-refractivity contribution in [3.63, 3.8) is 0 Å². The van der Waals surface area contributed by atoms with Crippen molar-refractivity contribution in [2.24, 2.45) is 0 Å². The zero-order valence-electron chi connectivity index (χ0n) is 21.3. The highest BCUT2D eigenvalue weighted by molar-refractivity contribution is 5.98. The Morgan fingerprint density at radius 3 is 2.50 bits per heavy atom. The lowest BCUT2D eigenvalue weighted by atomic mass is 9.91. The highest BCUT2D eigenvalue weighted by atomic mass is 19.1. The molecule has 0 radical (unpaired) electrons. The van der Waals surface area contributed by atoms with Gasteiger partial charge in [0, 0.05) is 29.0 Å². The van der Waals surface area contributed by atoms with Gasteiger partial charge in [-0.05, 0) is 41.3 Å². The number of hydrogen-bond acceptors (Lipinski definition) is 5. The number of cyclic esters (lactones) is 1. The summed E-state index contributed by atoms with van der Waals surface area (Å²) in [7, 11) is 0. The second-order valence-corrected chi connectivity index (χ2v) is 9.91. The van der Waals surface area contributed by atoms with Gasteiger partial charge in [-0.15, -0.1) is 0 Å². The second-order valence-electron chi connectivity index (χ2n) is 9.91. The van der Waals surface area contributed by atoms with Crippen LogP contribution in [0.1, 0.15) is 49.4 Å². The molecule has 2 aromatic carbocycles. The van der Waals surface area contributed by atoms with Crippen LogP contribution in [0.3, 0.4) is 0 Å². The Morgan fingerprint density at radius 1 is 1.08 bits per heavy atom. The van der Waals surface area contributed by atoms with Crippen molar-refractivity contribution < 1.29 is 19.0 Å². The number of carbonyl (C=O) groups is 1. The molecule has 38 heavy (non-hydrogen) atoms. The average Bonchev–Trinajstić information content (AvgIpc) is 2.89. The second kappa shape index (κ2) is 10.7. The smallest absolute Gasteiger partial charge is 0.309 e. The van der Waals surface area contributed by atoms with E-state index in [9.17, 15) is 19.1 Å². The Hall–Kier alpha value is -4.10. The summed E-state index contributed by atoms with van der Waals surface area (Å²) in [5.41, 5.74) is 4.47. The maximum atomic E-state index is 13.9. The standard InChI is InChI=1S/C31H29FN2O4/c1-19(2)30-25(13-12-24-16-23(35)17-28(37)38-24)29(21-8-10-22(32)11-9-21)26-14-15-27(36)34(31(26)33-30)18-20-6-4-3-5-7-20/h3-15,19,23-24,35H,16-18H2,1-2H3/b13-12+/t23-,24-/m1/s1. The summed E-state index contributed by atoms with van der Waals surface area (Å²) in [6.07, 6.45) is 2.59. The molecular formula is C31H29FN2O4. The van der Waals surface area contributed by atoms with E-state index in [1.54, 1.807) is 28.8 Å². The van der Waals surface area contributed by atoms with Crippen LogP contribution in [0.5, 0.6) is 0 Å². The Morgan fingerprint density at radius 2 is 1.82 bits per heavy atom. The van der Waals surface area contributed by atoms with Crippen LogP contribution in [-0.2, 0) is 16.1 Å². The van der Waals surface area contributed by atoms with Crippen LogP contribution in [-0.4, -0.2) is 32.8 Å². The largest absolute Gasteiger partial charge is 0.458 e. The Bertz CT molecular complexity index is 1560. The minimum Gasteiger partial charge on any atom is -0.458 e. The van der Waals surface area contributed by atoms with E-state index in [1.807, 2.05) is 50.3 Å². The van der Waals surface area contributed by atoms with Crippen LogP contribution in [0.2, 0.25) is 0 Å². The lowest BCUT2D eigenvalue weighted by Gasteiger charge is -2.24. The molecule has 0 bridgehead atoms. The van der Waals surface area contributed by atoms with E-state index in [1.165, 1.54) is 18.2 Å². The van der Waals surface area contributed by atoms with Crippen molar-refractivity contribution in [1.82, 2.24) is 9.55 Å². The maximum Gasteiger partial charge on any atom is 0.309 e. The van der Waals surface area contributed by atoms with Gasteiger partial charge in [-0.25, -0.2) is 9.37 Å². The third-order valence-corrected chi connectivity index (χ3v) is 6.73. The molecule has 0 saturated carbocycles. The zero-order chi connectivity index (χ0) is 26.8. The first kappa shape index (κ1) is 25.5. The van der Waals surface area contributed by atoms with Gasteiger partial charge in [-0.3, -0.25) is 14.2 Å². The van der Waals surface area contributed by atoms with Gasteiger partial charge in [0.25, 0.3) is 5.56 Å². The first-order valence-electron chi connectivity index (χ1n) is 12.7. The van der Waals surface area contributed by atoms with Crippen molar-refractivity contribution in [1.29, 1.82) is 0 Å². The normalized spacial score (nSPS) is 17.9. The molecule has 5 rings (SSSR count). The topological polar surface area (TPSA) is 81.4 Å². The molecule has 1 fully saturated rings. The van der Waals surface area contributed by atoms with E-state index in [0.29, 0.717) is 18.6 Å². The van der Waals surface area contributed by atoms with Crippen LogP contribution in [0.25, 0.3) is 28.2 Å². The van der Waals surface area contributed by atoms with E-state index in [0.717, 1.165) is 33.3 Å². The number of esters is 1. The Labute approximate surface area is 220 Å². The van der Waals surface area contributed by atoms with Crippen LogP contribution in [0, 0.1) is 5.82 Å². The lowest BCUT2D eigenvalue weighted by molar-refractivity contribution is -0.156. The van der Waals surface area contributed by atoms with Gasteiger partial charge < -0.3 is 9.84 Å². The minimum atomic E-state index is -0.755. The number of aromatic nitrogens is 2. The highest BCUT2D eigenvalue weighted by Gasteiger charge is 2.26. The molecule has 2 atom stereocenters. The van der Waals surface area contributed by atoms with Crippen LogP contribution >= 0.6 is 0 Å². The minimum absolute atomic E-state index is 0.0150. The van der Waals surface area contributed by atoms with Crippen LogP contribution in [0.4, 0.5) is 4.39 Å². The van der Waals surface area contributed by atoms with Crippen molar-refractivity contribution in [2.45, 2.75) is 51.4 Å². The molecule has 2 aromatic heterocycles. The number of aliphatic hydroxyl groups excluding tert-OH is 1. The number of nitrogens with zero attached hydrogens (tertiary/aromatic N) is 2. The predicted octanol–water partition coefficient (Wildman–Crippen LogP) is 5.45. The molecular weight excluding hydrogens is 483 g/mol. The van der Waals surface area contributed by atoms with Gasteiger partial charge in [0.2, 0.25) is 0 Å². The number of rotatable bonds is 6. The van der Waals surface area contributed by atoms with E-state index < -0.39 is 18.2 Å². The maximum absolute atomic E-state index is 13.9. The van der Waals surface area contributed by atoms with Crippen molar-refractivity contribution in [2.75, 3.05) is 0 Å². The molecule has 1 aliphatic heterocycles. The van der Waals surface area contributed by atoms with Crippen molar-refractivity contribution in [3.8, 4) is 11.1 Å². The molecule has 6 nitrogen and oxygen atoms in total. The number of aliphatic hydroxyl groups is 1. The van der Waals surface area contributed by atoms with Crippen molar-refractivity contribution >= 4 is 23.1 Å². The quantitative estimate of drug-likeness (QED) is 0.347. The summed E-state index contributed by atoms with van der Waals surface area (Å²) >= 11 is 0. The van der Waals surface area contributed by atoms with E-state index in [2.05, 4.69) is 0 Å². The van der Waals surface area contributed by atoms with Gasteiger partial charge in [0.05, 0.1) is 24.8 Å². The first-order valence-corrected chi connectivity index (χ1v) is 12.7. The number of halogens is 1. The van der Waals surface area contributed by atoms with E-state index in [-0.39, 0.29) is 23.7 Å². The van der Waals surface area contributed by atoms with Gasteiger partial charge in [0.1, 0.15) is 17.6 Å². The fraction of sp³-hybridized carbons (Fsp3) is 0.258. The molecule has 0 amide bonds. The Balaban J connectivity index is 1.76. The Kier molecular flexibility index (Phi) is 7.20. The number of pyridine rings is 2. The monoisotopic (exact) mass is 512 g/mol. The van der Waals surface area contributed by atoms with Crippen LogP contribution < -0.4 is 5.56 Å². The molecule has 0 spiro atoms. The fourth-order valence-electron chi connectivity index (χ4n) is 4.92. The van der Waals surface area contributed by atoms with E-state index >= 15 is 0 Å². The summed E-state index contributed by atoms with van der Waals surface area (Å²) in [6.45, 7) is 4.40. The third kappa shape index (κ3) is 5.29. The van der Waals surface area contributed by atoms with Gasteiger partial charge in [-0.1, -0.05) is 62.4 Å². The predicted molar refractivity (Wildman–Crippen MR) is 145 cm³/mol. The summed E-state index contributed by atoms with van der Waals surface area (Å²) in [5, 5.41) is 10.8. The van der Waals surface area contributed by atoms with Crippen LogP contribution in [0.15, 0.2) is 77.6 Å². The highest BCUT2D eigenvalue weighted by Crippen LogP contribution is 2.36. The SMILES string of the molecule is CC(C)c1nc2c(ccc(=O)n2Cc2ccccc2)c(-c2ccc(F)cc2)c1/C=C/[C@@H]1C[C@@H](O)CC(=O)O1. The lowest BCUT2D eigenvalue weighted by Crippen LogP contribution is -2.31. The number of carbonyl (C=O) groups excluding carboxylic acids is 1. The molecule has 7 heteroatoms. The molecule has 0 unspecified atom stereocenters. The first-order chi connectivity index (χ1) is 18.3. The number of benzene rings is 2. The molecule has 194 valence electrons. The molecule has 1 aliphatic rings. The summed E-state index contributed by atoms with van der Waals surface area (Å²) < 4.78 is 21.0. The van der Waals surface area contributed by atoms with E-state index in [4.69, 9.17) is 9.72 Å². The van der Waals surface area contributed by atoms with Gasteiger partial charge >= 0.3 is 5.97 Å². The molecule has 0 aliphatic carbocycles. The molecule has 1 N–H and O–H groups in total. The van der Waals surface area contributed by atoms with Gasteiger partial charge in [-0.2, -0.15) is 0 Å². The van der Waals surface area contributed by atoms with Crippen molar-refractivity contribution in [3.05, 3.63) is 106 Å². The summed E-state index contributed by atoms with van der Waals surface area (Å²) in [5.74, 6) is -0.807. The molecule has 3 heterocycles. The van der Waals surface area contributed by atoms with Gasteiger partial charge in [0.15, 0.2) is 0 Å². The number of hydrogen-bond donors (Lipinski definition) is 1. The third-order valence-electron chi connectivity index (χ3n) is 6.73.